The predicted octanol–water partition coefficient (Wildman–Crippen LogP) is 2.28. The van der Waals surface area contributed by atoms with Gasteiger partial charge < -0.3 is 9.88 Å². The van der Waals surface area contributed by atoms with Gasteiger partial charge in [0.05, 0.1) is 5.69 Å². The second kappa shape index (κ2) is 5.54. The highest BCUT2D eigenvalue weighted by molar-refractivity contribution is 5.44. The highest BCUT2D eigenvalue weighted by Gasteiger charge is 2.23. The van der Waals surface area contributed by atoms with Gasteiger partial charge in [-0.15, -0.1) is 0 Å². The van der Waals surface area contributed by atoms with Crippen molar-refractivity contribution >= 4 is 5.65 Å². The maximum atomic E-state index is 12.5. The molecular weight excluding hydrogens is 276 g/mol. The predicted molar refractivity (Wildman–Crippen MR) is 88.7 cm³/mol. The molecule has 0 aromatic carbocycles. The van der Waals surface area contributed by atoms with Gasteiger partial charge in [-0.1, -0.05) is 20.8 Å². The molecule has 120 valence electrons. The molecule has 5 nitrogen and oxygen atoms in total. The zero-order valence-corrected chi connectivity index (χ0v) is 14.0. The molecule has 22 heavy (non-hydrogen) atoms. The van der Waals surface area contributed by atoms with Gasteiger partial charge in [-0.25, -0.2) is 0 Å². The maximum absolute atomic E-state index is 12.5. The summed E-state index contributed by atoms with van der Waals surface area (Å²) in [6.45, 7) is 11.4. The molecule has 0 spiro atoms. The number of aryl methyl sites for hydroxylation is 1. The average Bonchev–Trinajstić information content (AvgIpc) is 2.94. The second-order valence-electron chi connectivity index (χ2n) is 7.23. The Balaban J connectivity index is 2.20. The Bertz CT molecular complexity index is 729. The standard InChI is InChI=1S/C17H26N4O/c1-5-20-13(12-6-8-18-9-7-12)10-16(22)21-15(20)11-14(19-21)17(2,3)4/h10-12,18H,5-9H2,1-4H3. The molecule has 1 aliphatic rings. The minimum atomic E-state index is -0.0566. The van der Waals surface area contributed by atoms with Crippen LogP contribution in [-0.2, 0) is 12.0 Å². The molecule has 0 unspecified atom stereocenters. The van der Waals surface area contributed by atoms with E-state index < -0.39 is 0 Å². The topological polar surface area (TPSA) is 51.3 Å². The van der Waals surface area contributed by atoms with Crippen LogP contribution < -0.4 is 10.9 Å². The summed E-state index contributed by atoms with van der Waals surface area (Å²) in [5.74, 6) is 0.465. The monoisotopic (exact) mass is 302 g/mol. The molecule has 0 amide bonds. The van der Waals surface area contributed by atoms with Gasteiger partial charge in [0.25, 0.3) is 5.56 Å². The summed E-state index contributed by atoms with van der Waals surface area (Å²) in [6, 6.07) is 3.88. The Hall–Kier alpha value is -1.62. The van der Waals surface area contributed by atoms with Crippen molar-refractivity contribution in [3.8, 4) is 0 Å². The molecule has 3 rings (SSSR count). The first-order chi connectivity index (χ1) is 10.4. The molecule has 0 bridgehead atoms. The van der Waals surface area contributed by atoms with Crippen molar-refractivity contribution in [2.45, 2.75) is 58.4 Å². The van der Waals surface area contributed by atoms with E-state index in [9.17, 15) is 4.79 Å². The van der Waals surface area contributed by atoms with Gasteiger partial charge in [0, 0.05) is 35.7 Å². The summed E-state index contributed by atoms with van der Waals surface area (Å²) in [5, 5.41) is 7.94. The third-order valence-electron chi connectivity index (χ3n) is 4.60. The van der Waals surface area contributed by atoms with E-state index in [4.69, 9.17) is 0 Å². The number of piperidine rings is 1. The van der Waals surface area contributed by atoms with Gasteiger partial charge in [-0.2, -0.15) is 9.61 Å². The molecule has 1 fully saturated rings. The van der Waals surface area contributed by atoms with Crippen LogP contribution in [0.15, 0.2) is 16.9 Å². The number of fused-ring (bicyclic) bond motifs is 1. The van der Waals surface area contributed by atoms with E-state index >= 15 is 0 Å². The van der Waals surface area contributed by atoms with E-state index in [0.717, 1.165) is 43.8 Å². The van der Waals surface area contributed by atoms with E-state index in [0.29, 0.717) is 5.92 Å². The van der Waals surface area contributed by atoms with E-state index in [1.54, 1.807) is 10.6 Å². The van der Waals surface area contributed by atoms with E-state index in [1.807, 2.05) is 0 Å². The number of nitrogens with one attached hydrogen (secondary N) is 1. The first-order valence-electron chi connectivity index (χ1n) is 8.26. The van der Waals surface area contributed by atoms with Gasteiger partial charge in [-0.05, 0) is 32.9 Å². The third-order valence-corrected chi connectivity index (χ3v) is 4.60. The lowest BCUT2D eigenvalue weighted by atomic mass is 9.92. The fourth-order valence-corrected chi connectivity index (χ4v) is 3.29. The van der Waals surface area contributed by atoms with Crippen molar-refractivity contribution in [3.05, 3.63) is 33.9 Å². The molecule has 0 atom stereocenters. The third kappa shape index (κ3) is 2.58. The Morgan fingerprint density at radius 2 is 1.95 bits per heavy atom. The van der Waals surface area contributed by atoms with Gasteiger partial charge in [0.15, 0.2) is 0 Å². The van der Waals surface area contributed by atoms with Crippen LogP contribution in [0.1, 0.15) is 57.8 Å². The fourth-order valence-electron chi connectivity index (χ4n) is 3.29. The Kier molecular flexibility index (Phi) is 3.85. The molecule has 1 saturated heterocycles. The van der Waals surface area contributed by atoms with Crippen molar-refractivity contribution in [1.82, 2.24) is 19.5 Å². The first kappa shape index (κ1) is 15.3. The average molecular weight is 302 g/mol. The molecule has 5 heteroatoms. The van der Waals surface area contributed by atoms with Gasteiger partial charge >= 0.3 is 0 Å². The second-order valence-corrected chi connectivity index (χ2v) is 7.23. The molecule has 1 aliphatic heterocycles. The van der Waals surface area contributed by atoms with E-state index in [-0.39, 0.29) is 11.0 Å². The Morgan fingerprint density at radius 1 is 1.27 bits per heavy atom. The summed E-state index contributed by atoms with van der Waals surface area (Å²) in [4.78, 5) is 12.5. The maximum Gasteiger partial charge on any atom is 0.274 e. The van der Waals surface area contributed by atoms with Crippen molar-refractivity contribution in [2.75, 3.05) is 13.1 Å². The number of hydrogen-bond donors (Lipinski definition) is 1. The lowest BCUT2D eigenvalue weighted by Gasteiger charge is -2.26. The highest BCUT2D eigenvalue weighted by Crippen LogP contribution is 2.27. The van der Waals surface area contributed by atoms with Crippen LogP contribution in [0.25, 0.3) is 5.65 Å². The molecule has 0 saturated carbocycles. The normalized spacial score (nSPS) is 17.3. The zero-order valence-electron chi connectivity index (χ0n) is 14.0. The SMILES string of the molecule is CCn1c(C2CCNCC2)cc(=O)n2nc(C(C)(C)C)cc12. The van der Waals surface area contributed by atoms with Crippen molar-refractivity contribution < 1.29 is 0 Å². The van der Waals surface area contributed by atoms with Crippen molar-refractivity contribution in [3.63, 3.8) is 0 Å². The first-order valence-corrected chi connectivity index (χ1v) is 8.26. The molecule has 3 heterocycles. The van der Waals surface area contributed by atoms with Gasteiger partial charge in [-0.3, -0.25) is 4.79 Å². The quantitative estimate of drug-likeness (QED) is 0.926. The zero-order chi connectivity index (χ0) is 15.9. The number of hydrogen-bond acceptors (Lipinski definition) is 3. The van der Waals surface area contributed by atoms with Crippen molar-refractivity contribution in [2.24, 2.45) is 0 Å². The minimum absolute atomic E-state index is 0.0104. The number of nitrogens with zero attached hydrogens (tertiary/aromatic N) is 3. The highest BCUT2D eigenvalue weighted by atomic mass is 16.1. The Morgan fingerprint density at radius 3 is 2.55 bits per heavy atom. The molecule has 2 aromatic rings. The summed E-state index contributed by atoms with van der Waals surface area (Å²) in [6.07, 6.45) is 2.19. The lowest BCUT2D eigenvalue weighted by molar-refractivity contribution is 0.438. The smallest absolute Gasteiger partial charge is 0.274 e. The van der Waals surface area contributed by atoms with Crippen LogP contribution in [0.3, 0.4) is 0 Å². The van der Waals surface area contributed by atoms with Crippen LogP contribution in [0.2, 0.25) is 0 Å². The summed E-state index contributed by atoms with van der Waals surface area (Å²) in [5.41, 5.74) is 2.99. The van der Waals surface area contributed by atoms with Gasteiger partial charge in [0.2, 0.25) is 0 Å². The molecular formula is C17H26N4O. The lowest BCUT2D eigenvalue weighted by Crippen LogP contribution is -2.30. The van der Waals surface area contributed by atoms with Gasteiger partial charge in [0.1, 0.15) is 5.65 Å². The van der Waals surface area contributed by atoms with Crippen LogP contribution in [-0.4, -0.2) is 27.3 Å². The van der Waals surface area contributed by atoms with E-state index in [2.05, 4.69) is 48.7 Å². The molecule has 0 radical (unpaired) electrons. The van der Waals surface area contributed by atoms with E-state index in [1.165, 1.54) is 5.69 Å². The number of rotatable bonds is 2. The summed E-state index contributed by atoms with van der Waals surface area (Å²) >= 11 is 0. The molecule has 2 aromatic heterocycles. The van der Waals surface area contributed by atoms with Crippen LogP contribution in [0.5, 0.6) is 0 Å². The number of aromatic nitrogens is 3. The summed E-state index contributed by atoms with van der Waals surface area (Å²) < 4.78 is 3.83. The Labute approximate surface area is 131 Å². The molecule has 0 aliphatic carbocycles. The van der Waals surface area contributed by atoms with Crippen LogP contribution in [0.4, 0.5) is 0 Å². The minimum Gasteiger partial charge on any atom is -0.330 e. The largest absolute Gasteiger partial charge is 0.330 e. The van der Waals surface area contributed by atoms with Crippen molar-refractivity contribution in [1.29, 1.82) is 0 Å². The summed E-state index contributed by atoms with van der Waals surface area (Å²) in [7, 11) is 0. The fraction of sp³-hybridized carbons (Fsp3) is 0.647. The van der Waals surface area contributed by atoms with Crippen LogP contribution >= 0.6 is 0 Å². The van der Waals surface area contributed by atoms with Crippen LogP contribution in [0, 0.1) is 0 Å². The molecule has 1 N–H and O–H groups in total.